The summed E-state index contributed by atoms with van der Waals surface area (Å²) in [5, 5.41) is 0. The number of halogens is 2. The van der Waals surface area contributed by atoms with E-state index < -0.39 is 0 Å². The van der Waals surface area contributed by atoms with E-state index in [1.54, 1.807) is 12.1 Å². The summed E-state index contributed by atoms with van der Waals surface area (Å²) >= 11 is 6.81. The molecule has 1 rings (SSSR count). The molecule has 94 valence electrons. The molecule has 0 N–H and O–H groups in total. The van der Waals surface area contributed by atoms with Gasteiger partial charge in [-0.25, -0.2) is 0 Å². The van der Waals surface area contributed by atoms with Crippen molar-refractivity contribution < 1.29 is 9.53 Å². The summed E-state index contributed by atoms with van der Waals surface area (Å²) < 4.78 is 7.32. The monoisotopic (exact) mass is 362 g/mol. The molecule has 0 saturated carbocycles. The molecule has 0 spiro atoms. The highest BCUT2D eigenvalue weighted by atomic mass is 79.9. The van der Waals surface area contributed by atoms with Gasteiger partial charge in [-0.05, 0) is 55.8 Å². The maximum Gasteiger partial charge on any atom is 0.150 e. The lowest BCUT2D eigenvalue weighted by Crippen LogP contribution is -2.11. The van der Waals surface area contributed by atoms with Crippen molar-refractivity contribution in [3.8, 4) is 5.75 Å². The van der Waals surface area contributed by atoms with Crippen LogP contribution < -0.4 is 4.74 Å². The summed E-state index contributed by atoms with van der Waals surface area (Å²) in [6, 6.07) is 3.51. The quantitative estimate of drug-likeness (QED) is 0.715. The van der Waals surface area contributed by atoms with Crippen LogP contribution in [0.5, 0.6) is 5.75 Å². The van der Waals surface area contributed by atoms with Crippen LogP contribution in [-0.2, 0) is 0 Å². The summed E-state index contributed by atoms with van der Waals surface area (Å²) in [5.41, 5.74) is 0.869. The highest BCUT2D eigenvalue weighted by molar-refractivity contribution is 9.11. The van der Waals surface area contributed by atoms with Gasteiger partial charge in [0.05, 0.1) is 15.6 Å². The van der Waals surface area contributed by atoms with Crippen LogP contribution in [-0.4, -0.2) is 12.9 Å². The van der Waals surface area contributed by atoms with E-state index in [1.807, 2.05) is 0 Å². The molecule has 0 amide bonds. The van der Waals surface area contributed by atoms with Gasteiger partial charge in [0.2, 0.25) is 0 Å². The maximum absolute atomic E-state index is 10.7. The Hall–Kier alpha value is -0.350. The molecule has 2 nitrogen and oxygen atoms in total. The van der Waals surface area contributed by atoms with Gasteiger partial charge >= 0.3 is 0 Å². The fourth-order valence-electron chi connectivity index (χ4n) is 1.24. The molecule has 17 heavy (non-hydrogen) atoms. The summed E-state index contributed by atoms with van der Waals surface area (Å²) in [6.07, 6.45) is 1.79. The molecular weight excluding hydrogens is 348 g/mol. The van der Waals surface area contributed by atoms with Crippen molar-refractivity contribution in [2.24, 2.45) is 5.41 Å². The second-order valence-corrected chi connectivity index (χ2v) is 6.80. The molecular formula is C13H16Br2O2. The first-order chi connectivity index (χ1) is 7.83. The zero-order valence-corrected chi connectivity index (χ0v) is 13.4. The average molecular weight is 364 g/mol. The zero-order chi connectivity index (χ0) is 13.1. The summed E-state index contributed by atoms with van der Waals surface area (Å²) in [7, 11) is 0. The number of aldehydes is 1. The first kappa shape index (κ1) is 14.7. The number of hydrogen-bond donors (Lipinski definition) is 0. The smallest absolute Gasteiger partial charge is 0.150 e. The minimum absolute atomic E-state index is 0.252. The number of rotatable bonds is 4. The van der Waals surface area contributed by atoms with E-state index in [9.17, 15) is 4.79 Å². The van der Waals surface area contributed by atoms with Gasteiger partial charge in [-0.2, -0.15) is 0 Å². The first-order valence-corrected chi connectivity index (χ1v) is 6.99. The number of hydrogen-bond acceptors (Lipinski definition) is 2. The van der Waals surface area contributed by atoms with Crippen molar-refractivity contribution in [3.63, 3.8) is 0 Å². The van der Waals surface area contributed by atoms with Crippen molar-refractivity contribution in [1.29, 1.82) is 0 Å². The Morgan fingerprint density at radius 2 is 1.76 bits per heavy atom. The molecule has 0 aromatic heterocycles. The Morgan fingerprint density at radius 3 is 2.18 bits per heavy atom. The van der Waals surface area contributed by atoms with Crippen molar-refractivity contribution in [2.75, 3.05) is 6.61 Å². The third kappa shape index (κ3) is 4.80. The van der Waals surface area contributed by atoms with E-state index in [2.05, 4.69) is 52.6 Å². The molecule has 0 atom stereocenters. The summed E-state index contributed by atoms with van der Waals surface area (Å²) in [4.78, 5) is 10.7. The van der Waals surface area contributed by atoms with E-state index >= 15 is 0 Å². The molecule has 4 heteroatoms. The fourth-order valence-corrected chi connectivity index (χ4v) is 2.70. The predicted molar refractivity (Wildman–Crippen MR) is 76.8 cm³/mol. The van der Waals surface area contributed by atoms with E-state index in [0.717, 1.165) is 27.4 Å². The highest BCUT2D eigenvalue weighted by Crippen LogP contribution is 2.35. The first-order valence-electron chi connectivity index (χ1n) is 5.40. The predicted octanol–water partition coefficient (Wildman–Crippen LogP) is 4.84. The summed E-state index contributed by atoms with van der Waals surface area (Å²) in [5.74, 6) is 0.750. The van der Waals surface area contributed by atoms with Gasteiger partial charge < -0.3 is 4.74 Å². The second kappa shape index (κ2) is 6.01. The van der Waals surface area contributed by atoms with Gasteiger partial charge in [0.1, 0.15) is 12.0 Å². The van der Waals surface area contributed by atoms with Crippen LogP contribution in [0, 0.1) is 5.41 Å². The third-order valence-electron chi connectivity index (χ3n) is 2.26. The molecule has 0 bridgehead atoms. The minimum atomic E-state index is 0.252. The minimum Gasteiger partial charge on any atom is -0.491 e. The van der Waals surface area contributed by atoms with Crippen LogP contribution in [0.4, 0.5) is 0 Å². The normalized spacial score (nSPS) is 11.4. The molecule has 0 unspecified atom stereocenters. The van der Waals surface area contributed by atoms with Crippen molar-refractivity contribution in [1.82, 2.24) is 0 Å². The van der Waals surface area contributed by atoms with Crippen LogP contribution in [0.3, 0.4) is 0 Å². The molecule has 1 aromatic rings. The van der Waals surface area contributed by atoms with E-state index in [-0.39, 0.29) is 5.41 Å². The average Bonchev–Trinajstić information content (AvgIpc) is 2.20. The molecule has 0 fully saturated rings. The van der Waals surface area contributed by atoms with Crippen LogP contribution in [0.15, 0.2) is 21.1 Å². The lowest BCUT2D eigenvalue weighted by atomic mass is 9.93. The molecule has 0 radical (unpaired) electrons. The number of ether oxygens (including phenoxy) is 1. The van der Waals surface area contributed by atoms with Crippen LogP contribution >= 0.6 is 31.9 Å². The highest BCUT2D eigenvalue weighted by Gasteiger charge is 2.13. The Kier molecular flexibility index (Phi) is 5.20. The Balaban J connectivity index is 2.75. The topological polar surface area (TPSA) is 26.3 Å². The maximum atomic E-state index is 10.7. The largest absolute Gasteiger partial charge is 0.491 e. The van der Waals surface area contributed by atoms with Crippen molar-refractivity contribution in [2.45, 2.75) is 27.2 Å². The molecule has 0 heterocycles. The molecule has 0 aliphatic heterocycles. The second-order valence-electron chi connectivity index (χ2n) is 5.09. The van der Waals surface area contributed by atoms with Gasteiger partial charge in [0.15, 0.2) is 0 Å². The molecule has 0 aliphatic carbocycles. The molecule has 0 saturated heterocycles. The van der Waals surface area contributed by atoms with Gasteiger partial charge in [-0.1, -0.05) is 20.8 Å². The van der Waals surface area contributed by atoms with Gasteiger partial charge in [-0.15, -0.1) is 0 Å². The SMILES string of the molecule is CC(C)(C)CCOc1c(Br)cc(C=O)cc1Br. The zero-order valence-electron chi connectivity index (χ0n) is 10.2. The van der Waals surface area contributed by atoms with E-state index in [0.29, 0.717) is 12.2 Å². The van der Waals surface area contributed by atoms with E-state index in [1.165, 1.54) is 0 Å². The Labute approximate surface area is 119 Å². The molecule has 1 aromatic carbocycles. The number of carbonyl (C=O) groups is 1. The van der Waals surface area contributed by atoms with Gasteiger partial charge in [-0.3, -0.25) is 4.79 Å². The Morgan fingerprint density at radius 1 is 1.24 bits per heavy atom. The number of benzene rings is 1. The van der Waals surface area contributed by atoms with Gasteiger partial charge in [0.25, 0.3) is 0 Å². The number of carbonyl (C=O) groups excluding carboxylic acids is 1. The van der Waals surface area contributed by atoms with Crippen molar-refractivity contribution in [3.05, 3.63) is 26.6 Å². The van der Waals surface area contributed by atoms with Crippen LogP contribution in [0.25, 0.3) is 0 Å². The van der Waals surface area contributed by atoms with Crippen molar-refractivity contribution >= 4 is 38.1 Å². The Bertz CT molecular complexity index is 385. The van der Waals surface area contributed by atoms with Gasteiger partial charge in [0, 0.05) is 5.56 Å². The van der Waals surface area contributed by atoms with E-state index in [4.69, 9.17) is 4.74 Å². The fraction of sp³-hybridized carbons (Fsp3) is 0.462. The third-order valence-corrected chi connectivity index (χ3v) is 3.43. The lowest BCUT2D eigenvalue weighted by Gasteiger charge is -2.19. The van der Waals surface area contributed by atoms with Crippen LogP contribution in [0.2, 0.25) is 0 Å². The molecule has 0 aliphatic rings. The summed E-state index contributed by atoms with van der Waals surface area (Å²) in [6.45, 7) is 7.18. The van der Waals surface area contributed by atoms with Crippen LogP contribution in [0.1, 0.15) is 37.6 Å². The standard InChI is InChI=1S/C13H16Br2O2/c1-13(2,3)4-5-17-12-10(14)6-9(8-16)7-11(12)15/h6-8H,4-5H2,1-3H3. The lowest BCUT2D eigenvalue weighted by molar-refractivity contribution is 0.112.